The number of methoxy groups -OCH3 is 1. The van der Waals surface area contributed by atoms with Crippen molar-refractivity contribution in [3.8, 4) is 0 Å². The summed E-state index contributed by atoms with van der Waals surface area (Å²) in [6.45, 7) is 0. The monoisotopic (exact) mass is 201 g/mol. The van der Waals surface area contributed by atoms with Gasteiger partial charge in [-0.1, -0.05) is 0 Å². The van der Waals surface area contributed by atoms with Gasteiger partial charge in [0.1, 0.15) is 5.69 Å². The summed E-state index contributed by atoms with van der Waals surface area (Å²) in [5, 5.41) is 0. The average Bonchev–Trinajstić information content (AvgIpc) is 2.17. The second kappa shape index (κ2) is 4.11. The van der Waals surface area contributed by atoms with Gasteiger partial charge in [-0.15, -0.1) is 0 Å². The van der Waals surface area contributed by atoms with Gasteiger partial charge < -0.3 is 9.29 Å². The van der Waals surface area contributed by atoms with E-state index in [1.54, 1.807) is 0 Å². The molecule has 0 bridgehead atoms. The third-order valence-electron chi connectivity index (χ3n) is 1.33. The van der Waals surface area contributed by atoms with Gasteiger partial charge >= 0.3 is 5.97 Å². The maximum atomic E-state index is 10.9. The van der Waals surface area contributed by atoms with E-state index in [9.17, 15) is 9.00 Å². The predicted octanol–water partition coefficient (Wildman–Crippen LogP) is 0.449. The summed E-state index contributed by atoms with van der Waals surface area (Å²) < 4.78 is 23.5. The van der Waals surface area contributed by atoms with E-state index in [4.69, 9.17) is 4.55 Å². The van der Waals surface area contributed by atoms with Crippen LogP contribution in [0.4, 0.5) is 0 Å². The standard InChI is InChI=1S/C7H7NO4S/c1-12-7(9)6-3-2-5(4-8-6)13(10)11/h2-4H,1H3,(H,10,11). The third kappa shape index (κ3) is 2.33. The van der Waals surface area contributed by atoms with Crippen molar-refractivity contribution in [3.63, 3.8) is 0 Å². The molecular formula is C7H7NO4S. The topological polar surface area (TPSA) is 76.5 Å². The fourth-order valence-corrected chi connectivity index (χ4v) is 1.04. The lowest BCUT2D eigenvalue weighted by molar-refractivity contribution is 0.0594. The Bertz CT molecular complexity index is 335. The molecule has 0 aliphatic rings. The molecule has 70 valence electrons. The molecule has 0 aromatic carbocycles. The molecule has 0 aliphatic carbocycles. The van der Waals surface area contributed by atoms with Crippen molar-refractivity contribution in [2.75, 3.05) is 7.11 Å². The first kappa shape index (κ1) is 9.82. The number of nitrogens with zero attached hydrogens (tertiary/aromatic N) is 1. The molecule has 1 heterocycles. The highest BCUT2D eigenvalue weighted by Gasteiger charge is 2.07. The number of hydrogen-bond acceptors (Lipinski definition) is 4. The van der Waals surface area contributed by atoms with E-state index < -0.39 is 17.0 Å². The second-order valence-corrected chi connectivity index (χ2v) is 3.09. The number of carbonyl (C=O) groups excluding carboxylic acids is 1. The van der Waals surface area contributed by atoms with Crippen LogP contribution in [0, 0.1) is 0 Å². The lowest BCUT2D eigenvalue weighted by Crippen LogP contribution is -2.04. The minimum absolute atomic E-state index is 0.108. The Hall–Kier alpha value is -1.27. The smallest absolute Gasteiger partial charge is 0.356 e. The minimum atomic E-state index is -2.07. The van der Waals surface area contributed by atoms with Gasteiger partial charge in [0.2, 0.25) is 0 Å². The Labute approximate surface area is 77.0 Å². The van der Waals surface area contributed by atoms with Crippen LogP contribution in [0.1, 0.15) is 10.5 Å². The quantitative estimate of drug-likeness (QED) is 0.555. The van der Waals surface area contributed by atoms with Gasteiger partial charge in [0, 0.05) is 6.20 Å². The van der Waals surface area contributed by atoms with Crippen LogP contribution in [0.2, 0.25) is 0 Å². The molecule has 1 rings (SSSR count). The Morgan fingerprint density at radius 2 is 2.31 bits per heavy atom. The molecule has 1 N–H and O–H groups in total. The van der Waals surface area contributed by atoms with Crippen LogP contribution < -0.4 is 0 Å². The van der Waals surface area contributed by atoms with Gasteiger partial charge in [0.05, 0.1) is 12.0 Å². The largest absolute Gasteiger partial charge is 0.464 e. The molecule has 6 heteroatoms. The van der Waals surface area contributed by atoms with E-state index in [2.05, 4.69) is 9.72 Å². The van der Waals surface area contributed by atoms with Crippen LogP contribution in [-0.2, 0) is 15.8 Å². The molecule has 0 spiro atoms. The van der Waals surface area contributed by atoms with Gasteiger partial charge in [-0.3, -0.25) is 0 Å². The van der Waals surface area contributed by atoms with E-state index in [0.717, 1.165) is 6.20 Å². The van der Waals surface area contributed by atoms with E-state index in [1.807, 2.05) is 0 Å². The van der Waals surface area contributed by atoms with Gasteiger partial charge in [0.15, 0.2) is 11.1 Å². The van der Waals surface area contributed by atoms with Gasteiger partial charge in [-0.25, -0.2) is 14.0 Å². The highest BCUT2D eigenvalue weighted by molar-refractivity contribution is 7.79. The first-order chi connectivity index (χ1) is 6.15. The molecule has 0 radical (unpaired) electrons. The fourth-order valence-electron chi connectivity index (χ4n) is 0.709. The maximum Gasteiger partial charge on any atom is 0.356 e. The summed E-state index contributed by atoms with van der Waals surface area (Å²) in [6, 6.07) is 2.67. The molecule has 0 saturated heterocycles. The molecule has 1 aromatic heterocycles. The van der Waals surface area contributed by atoms with Crippen molar-refractivity contribution < 1.29 is 18.3 Å². The zero-order chi connectivity index (χ0) is 9.84. The minimum Gasteiger partial charge on any atom is -0.464 e. The summed E-state index contributed by atoms with van der Waals surface area (Å²) >= 11 is -2.07. The molecule has 1 unspecified atom stereocenters. The van der Waals surface area contributed by atoms with Crippen LogP contribution in [0.15, 0.2) is 23.2 Å². The lowest BCUT2D eigenvalue weighted by Gasteiger charge is -1.98. The van der Waals surface area contributed by atoms with E-state index in [1.165, 1.54) is 19.2 Å². The molecule has 0 aliphatic heterocycles. The zero-order valence-corrected chi connectivity index (χ0v) is 7.58. The molecule has 5 nitrogen and oxygen atoms in total. The fraction of sp³-hybridized carbons (Fsp3) is 0.143. The molecule has 13 heavy (non-hydrogen) atoms. The Kier molecular flexibility index (Phi) is 3.10. The van der Waals surface area contributed by atoms with Gasteiger partial charge in [-0.2, -0.15) is 0 Å². The Balaban J connectivity index is 2.93. The molecular weight excluding hydrogens is 194 g/mol. The third-order valence-corrected chi connectivity index (χ3v) is 1.98. The van der Waals surface area contributed by atoms with Crippen LogP contribution in [0.25, 0.3) is 0 Å². The summed E-state index contributed by atoms with van der Waals surface area (Å²) in [7, 11) is 1.24. The Morgan fingerprint density at radius 3 is 2.69 bits per heavy atom. The zero-order valence-electron chi connectivity index (χ0n) is 6.76. The van der Waals surface area contributed by atoms with Crippen LogP contribution in [0.5, 0.6) is 0 Å². The summed E-state index contributed by atoms with van der Waals surface area (Å²) in [5.41, 5.74) is 0.108. The normalized spacial score (nSPS) is 12.2. The van der Waals surface area contributed by atoms with E-state index in [0.29, 0.717) is 0 Å². The molecule has 0 saturated carbocycles. The van der Waals surface area contributed by atoms with Crippen molar-refractivity contribution in [1.29, 1.82) is 0 Å². The van der Waals surface area contributed by atoms with Crippen molar-refractivity contribution in [3.05, 3.63) is 24.0 Å². The summed E-state index contributed by atoms with van der Waals surface area (Å²) in [6.07, 6.45) is 1.16. The van der Waals surface area contributed by atoms with Crippen LogP contribution in [0.3, 0.4) is 0 Å². The summed E-state index contributed by atoms with van der Waals surface area (Å²) in [5.74, 6) is -0.574. The highest BCUT2D eigenvalue weighted by Crippen LogP contribution is 2.04. The number of ether oxygens (including phenoxy) is 1. The van der Waals surface area contributed by atoms with E-state index >= 15 is 0 Å². The van der Waals surface area contributed by atoms with Crippen molar-refractivity contribution in [2.45, 2.75) is 4.90 Å². The summed E-state index contributed by atoms with van der Waals surface area (Å²) in [4.78, 5) is 14.7. The molecule has 0 amide bonds. The number of carbonyl (C=O) groups is 1. The first-order valence-corrected chi connectivity index (χ1v) is 4.41. The van der Waals surface area contributed by atoms with Crippen molar-refractivity contribution in [2.24, 2.45) is 0 Å². The lowest BCUT2D eigenvalue weighted by atomic mass is 10.3. The number of hydrogen-bond donors (Lipinski definition) is 1. The number of pyridine rings is 1. The number of aromatic nitrogens is 1. The average molecular weight is 201 g/mol. The first-order valence-electron chi connectivity index (χ1n) is 3.30. The molecule has 1 aromatic rings. The SMILES string of the molecule is COC(=O)c1ccc(S(=O)O)cn1. The van der Waals surface area contributed by atoms with Crippen molar-refractivity contribution in [1.82, 2.24) is 4.98 Å². The van der Waals surface area contributed by atoms with E-state index in [-0.39, 0.29) is 10.6 Å². The van der Waals surface area contributed by atoms with Crippen molar-refractivity contribution >= 4 is 17.0 Å². The van der Waals surface area contributed by atoms with Crippen LogP contribution in [-0.4, -0.2) is 26.8 Å². The predicted molar refractivity (Wildman–Crippen MR) is 44.6 cm³/mol. The van der Waals surface area contributed by atoms with Crippen LogP contribution >= 0.6 is 0 Å². The Morgan fingerprint density at radius 1 is 1.62 bits per heavy atom. The number of rotatable bonds is 2. The molecule has 1 atom stereocenters. The highest BCUT2D eigenvalue weighted by atomic mass is 32.2. The maximum absolute atomic E-state index is 10.9. The van der Waals surface area contributed by atoms with Gasteiger partial charge in [-0.05, 0) is 12.1 Å². The second-order valence-electron chi connectivity index (χ2n) is 2.12. The number of esters is 1. The van der Waals surface area contributed by atoms with Gasteiger partial charge in [0.25, 0.3) is 0 Å². The molecule has 0 fully saturated rings.